The monoisotopic (exact) mass is 300 g/mol. The highest BCUT2D eigenvalue weighted by Crippen LogP contribution is 2.40. The van der Waals surface area contributed by atoms with Crippen LogP contribution in [-0.4, -0.2) is 0 Å². The van der Waals surface area contributed by atoms with Crippen molar-refractivity contribution in [3.63, 3.8) is 0 Å². The molecule has 0 saturated heterocycles. The molecule has 1 unspecified atom stereocenters. The van der Waals surface area contributed by atoms with Gasteiger partial charge in [0.1, 0.15) is 5.82 Å². The predicted octanol–water partition coefficient (Wildman–Crippen LogP) is 5.21. The summed E-state index contributed by atoms with van der Waals surface area (Å²) in [6.07, 6.45) is 0. The van der Waals surface area contributed by atoms with Crippen LogP contribution in [0.4, 0.5) is 4.39 Å². The van der Waals surface area contributed by atoms with E-state index in [1.165, 1.54) is 10.9 Å². The van der Waals surface area contributed by atoms with Gasteiger partial charge in [-0.15, -0.1) is 0 Å². The van der Waals surface area contributed by atoms with Crippen molar-refractivity contribution in [3.05, 3.63) is 71.8 Å². The lowest BCUT2D eigenvalue weighted by Gasteiger charge is -2.23. The first-order valence-electron chi connectivity index (χ1n) is 7.17. The lowest BCUT2D eigenvalue weighted by atomic mass is 9.89. The molecule has 0 aliphatic rings. The smallest absolute Gasteiger partial charge is 0.131 e. The van der Waals surface area contributed by atoms with Gasteiger partial charge in [-0.25, -0.2) is 4.39 Å². The van der Waals surface area contributed by atoms with Crippen LogP contribution < -0.4 is 10.6 Å². The van der Waals surface area contributed by atoms with Gasteiger partial charge in [-0.3, -0.25) is 0 Å². The minimum absolute atomic E-state index is 0.0978. The van der Waals surface area contributed by atoms with E-state index in [0.29, 0.717) is 0 Å². The third kappa shape index (κ3) is 4.02. The molecule has 2 rings (SSSR count). The number of allylic oxidation sites excluding steroid dienone is 1. The maximum absolute atomic E-state index is 14.3. The van der Waals surface area contributed by atoms with Gasteiger partial charge in [-0.05, 0) is 31.6 Å². The molecule has 0 radical (unpaired) electrons. The third-order valence-electron chi connectivity index (χ3n) is 3.65. The highest BCUT2D eigenvalue weighted by Gasteiger charge is 2.19. The lowest BCUT2D eigenvalue weighted by Crippen LogP contribution is -2.15. The molecule has 0 amide bonds. The Morgan fingerprint density at radius 3 is 2.10 bits per heavy atom. The summed E-state index contributed by atoms with van der Waals surface area (Å²) in [5.41, 5.74) is 1.39. The van der Waals surface area contributed by atoms with Crippen molar-refractivity contribution < 1.29 is 4.39 Å². The molecule has 2 heteroatoms. The Balaban J connectivity index is 2.54. The molecule has 0 heterocycles. The third-order valence-corrected chi connectivity index (χ3v) is 6.03. The second kappa shape index (κ2) is 6.54. The maximum atomic E-state index is 14.3. The minimum Gasteiger partial charge on any atom is -0.206 e. The van der Waals surface area contributed by atoms with E-state index in [1.54, 1.807) is 12.1 Å². The van der Waals surface area contributed by atoms with Crippen molar-refractivity contribution in [3.8, 4) is 0 Å². The van der Waals surface area contributed by atoms with E-state index in [4.69, 9.17) is 0 Å². The quantitative estimate of drug-likeness (QED) is 0.683. The summed E-state index contributed by atoms with van der Waals surface area (Å²) in [6, 6.07) is 17.3. The Morgan fingerprint density at radius 1 is 0.952 bits per heavy atom. The average Bonchev–Trinajstić information content (AvgIpc) is 2.45. The number of halogens is 1. The topological polar surface area (TPSA) is 0 Å². The Hall–Kier alpha value is -1.46. The molecule has 0 fully saturated rings. The maximum Gasteiger partial charge on any atom is 0.131 e. The molecule has 0 nitrogen and oxygen atoms in total. The molecule has 0 bridgehead atoms. The van der Waals surface area contributed by atoms with Crippen LogP contribution in [-0.2, 0) is 0 Å². The van der Waals surface area contributed by atoms with E-state index in [0.717, 1.165) is 5.30 Å². The average molecular weight is 300 g/mol. The zero-order valence-electron chi connectivity index (χ0n) is 13.1. The van der Waals surface area contributed by atoms with Crippen LogP contribution in [0.3, 0.4) is 0 Å². The molecule has 0 aliphatic heterocycles. The zero-order chi connectivity index (χ0) is 15.5. The number of rotatable bonds is 3. The second-order valence-electron chi connectivity index (χ2n) is 6.22. The first kappa shape index (κ1) is 15.9. The van der Waals surface area contributed by atoms with Crippen molar-refractivity contribution in [2.75, 3.05) is 0 Å². The zero-order valence-corrected chi connectivity index (χ0v) is 14.0. The van der Waals surface area contributed by atoms with Gasteiger partial charge >= 0.3 is 0 Å². The highest BCUT2D eigenvalue weighted by molar-refractivity contribution is 7.75. The van der Waals surface area contributed by atoms with Crippen LogP contribution in [0, 0.1) is 11.2 Å². The van der Waals surface area contributed by atoms with Gasteiger partial charge in [0.05, 0.1) is 0 Å². The van der Waals surface area contributed by atoms with E-state index in [-0.39, 0.29) is 11.2 Å². The van der Waals surface area contributed by atoms with Crippen molar-refractivity contribution in [1.82, 2.24) is 0 Å². The van der Waals surface area contributed by atoms with E-state index < -0.39 is 7.92 Å². The van der Waals surface area contributed by atoms with Gasteiger partial charge in [0, 0.05) is 5.30 Å². The minimum atomic E-state index is -0.812. The summed E-state index contributed by atoms with van der Waals surface area (Å²) < 4.78 is 14.3. The Morgan fingerprint density at radius 2 is 1.52 bits per heavy atom. The molecular weight excluding hydrogens is 278 g/mol. The molecule has 0 aliphatic carbocycles. The van der Waals surface area contributed by atoms with Crippen LogP contribution in [0.1, 0.15) is 27.7 Å². The van der Waals surface area contributed by atoms with Crippen LogP contribution in [0.5, 0.6) is 0 Å². The second-order valence-corrected chi connectivity index (χ2v) is 8.22. The SMILES string of the molecule is C/C(=C\P(c1ccccc1)c1ccccc1F)C(C)(C)C. The van der Waals surface area contributed by atoms with E-state index >= 15 is 0 Å². The fourth-order valence-electron chi connectivity index (χ4n) is 1.91. The van der Waals surface area contributed by atoms with E-state index in [1.807, 2.05) is 30.3 Å². The Bertz CT molecular complexity index is 624. The molecule has 21 heavy (non-hydrogen) atoms. The lowest BCUT2D eigenvalue weighted by molar-refractivity contribution is 0.505. The van der Waals surface area contributed by atoms with Gasteiger partial charge in [0.25, 0.3) is 0 Å². The summed E-state index contributed by atoms with van der Waals surface area (Å²) in [5.74, 6) is 2.13. The molecule has 0 aromatic heterocycles. The predicted molar refractivity (Wildman–Crippen MR) is 92.2 cm³/mol. The molecule has 2 aromatic rings. The fraction of sp³-hybridized carbons (Fsp3) is 0.263. The van der Waals surface area contributed by atoms with E-state index in [2.05, 4.69) is 45.6 Å². The first-order valence-corrected chi connectivity index (χ1v) is 8.58. The molecule has 0 N–H and O–H groups in total. The summed E-state index contributed by atoms with van der Waals surface area (Å²) in [4.78, 5) is 0. The van der Waals surface area contributed by atoms with Crippen molar-refractivity contribution >= 4 is 18.5 Å². The van der Waals surface area contributed by atoms with Gasteiger partial charge < -0.3 is 0 Å². The normalized spacial score (nSPS) is 14.0. The van der Waals surface area contributed by atoms with Gasteiger partial charge in [0.2, 0.25) is 0 Å². The number of benzene rings is 2. The van der Waals surface area contributed by atoms with Gasteiger partial charge in [-0.1, -0.05) is 80.7 Å². The molecule has 2 aromatic carbocycles. The summed E-state index contributed by atoms with van der Waals surface area (Å²) in [6.45, 7) is 8.72. The van der Waals surface area contributed by atoms with Crippen LogP contribution in [0.2, 0.25) is 0 Å². The Labute approximate surface area is 128 Å². The van der Waals surface area contributed by atoms with Crippen LogP contribution in [0.25, 0.3) is 0 Å². The Kier molecular flexibility index (Phi) is 4.96. The molecule has 0 spiro atoms. The summed E-state index contributed by atoms with van der Waals surface area (Å²) >= 11 is 0. The standard InChI is InChI=1S/C19H22FP/c1-15(19(2,3)4)14-21(16-10-6-5-7-11-16)18-13-9-8-12-17(18)20/h5-14H,1-4H3/b15-14+. The summed E-state index contributed by atoms with van der Waals surface area (Å²) in [7, 11) is -0.812. The molecule has 1 atom stereocenters. The number of hydrogen-bond donors (Lipinski definition) is 0. The molecular formula is C19H22FP. The number of hydrogen-bond acceptors (Lipinski definition) is 0. The summed E-state index contributed by atoms with van der Waals surface area (Å²) in [5, 5.41) is 1.98. The van der Waals surface area contributed by atoms with E-state index in [9.17, 15) is 4.39 Å². The van der Waals surface area contributed by atoms with Gasteiger partial charge in [-0.2, -0.15) is 0 Å². The van der Waals surface area contributed by atoms with Crippen molar-refractivity contribution in [1.29, 1.82) is 0 Å². The van der Waals surface area contributed by atoms with Crippen molar-refractivity contribution in [2.45, 2.75) is 27.7 Å². The molecule has 0 saturated carbocycles. The van der Waals surface area contributed by atoms with Gasteiger partial charge in [0.15, 0.2) is 0 Å². The van der Waals surface area contributed by atoms with Crippen molar-refractivity contribution in [2.24, 2.45) is 5.41 Å². The largest absolute Gasteiger partial charge is 0.206 e. The fourth-order valence-corrected chi connectivity index (χ4v) is 4.29. The molecule has 110 valence electrons. The first-order chi connectivity index (χ1) is 9.89. The van der Waals surface area contributed by atoms with Crippen LogP contribution >= 0.6 is 7.92 Å². The highest BCUT2D eigenvalue weighted by atomic mass is 31.1. The van der Waals surface area contributed by atoms with Crippen LogP contribution in [0.15, 0.2) is 66.0 Å².